The van der Waals surface area contributed by atoms with Crippen LogP contribution in [0, 0.1) is 11.3 Å². The number of ether oxygens (including phenoxy) is 1. The molecule has 0 N–H and O–H groups in total. The lowest BCUT2D eigenvalue weighted by molar-refractivity contribution is -0.136. The van der Waals surface area contributed by atoms with Crippen molar-refractivity contribution in [2.24, 2.45) is 0 Å². The van der Waals surface area contributed by atoms with Crippen molar-refractivity contribution in [3.05, 3.63) is 88.1 Å². The number of benzene rings is 3. The van der Waals surface area contributed by atoms with Gasteiger partial charge in [0.1, 0.15) is 10.7 Å². The second-order valence-corrected chi connectivity index (χ2v) is 10.6. The van der Waals surface area contributed by atoms with Crippen LogP contribution in [0.5, 0.6) is 0 Å². The molecule has 166 valence electrons. The lowest BCUT2D eigenvalue weighted by atomic mass is 10.1. The minimum absolute atomic E-state index is 0.0736. The first-order valence-corrected chi connectivity index (χ1v) is 13.2. The van der Waals surface area contributed by atoms with Crippen molar-refractivity contribution in [2.75, 3.05) is 11.5 Å². The van der Waals surface area contributed by atoms with Gasteiger partial charge in [-0.2, -0.15) is 5.26 Å². The van der Waals surface area contributed by atoms with E-state index in [1.807, 2.05) is 36.4 Å². The van der Waals surface area contributed by atoms with E-state index in [4.69, 9.17) is 9.72 Å². The summed E-state index contributed by atoms with van der Waals surface area (Å²) in [5.74, 6) is -0.649. The number of anilines is 2. The van der Waals surface area contributed by atoms with E-state index in [9.17, 15) is 10.1 Å². The Bertz CT molecular complexity index is 1490. The fourth-order valence-corrected chi connectivity index (χ4v) is 6.95. The lowest BCUT2D eigenvalue weighted by Gasteiger charge is -2.30. The molecule has 0 spiro atoms. The SMILES string of the molecule is CCOC(=O)/C(C#N)=c1/nc(-c2ccccc2)/c(=C/N2c3ccccc3[SiH2]c3ccccc32)s1. The van der Waals surface area contributed by atoms with Crippen LogP contribution in [0.3, 0.4) is 0 Å². The third kappa shape index (κ3) is 4.05. The van der Waals surface area contributed by atoms with E-state index in [0.29, 0.717) is 4.66 Å². The maximum atomic E-state index is 12.4. The molecule has 0 unspecified atom stereocenters. The molecule has 0 radical (unpaired) electrons. The second kappa shape index (κ2) is 9.47. The number of esters is 1. The predicted molar refractivity (Wildman–Crippen MR) is 140 cm³/mol. The van der Waals surface area contributed by atoms with Crippen molar-refractivity contribution in [1.82, 2.24) is 4.98 Å². The molecule has 0 atom stereocenters. The Balaban J connectivity index is 1.78. The Labute approximate surface area is 203 Å². The first kappa shape index (κ1) is 21.8. The van der Waals surface area contributed by atoms with E-state index in [-0.39, 0.29) is 12.2 Å². The van der Waals surface area contributed by atoms with Crippen LogP contribution in [-0.2, 0) is 9.53 Å². The molecule has 0 fully saturated rings. The molecule has 2 heterocycles. The van der Waals surface area contributed by atoms with Crippen LogP contribution in [0.1, 0.15) is 6.92 Å². The van der Waals surface area contributed by atoms with Gasteiger partial charge in [-0.1, -0.05) is 66.7 Å². The fraction of sp³-hybridized carbons (Fsp3) is 0.0741. The Hall–Kier alpha value is -3.99. The zero-order chi connectivity index (χ0) is 23.5. The van der Waals surface area contributed by atoms with Gasteiger partial charge in [0, 0.05) is 23.1 Å². The minimum atomic E-state index is -0.649. The number of nitrogens with zero attached hydrogens (tertiary/aromatic N) is 3. The summed E-state index contributed by atoms with van der Waals surface area (Å²) in [6.07, 6.45) is 2.08. The van der Waals surface area contributed by atoms with E-state index in [1.165, 1.54) is 21.7 Å². The van der Waals surface area contributed by atoms with Gasteiger partial charge in [-0.25, -0.2) is 9.78 Å². The van der Waals surface area contributed by atoms with Gasteiger partial charge in [-0.3, -0.25) is 0 Å². The molecule has 7 heteroatoms. The Morgan fingerprint density at radius 2 is 1.65 bits per heavy atom. The molecule has 0 bridgehead atoms. The molecule has 5 nitrogen and oxygen atoms in total. The summed E-state index contributed by atoms with van der Waals surface area (Å²) in [6, 6.07) is 28.8. The maximum absolute atomic E-state index is 12.4. The van der Waals surface area contributed by atoms with Gasteiger partial charge in [-0.15, -0.1) is 11.3 Å². The highest BCUT2D eigenvalue weighted by atomic mass is 32.1. The first-order chi connectivity index (χ1) is 16.7. The Morgan fingerprint density at radius 3 is 2.26 bits per heavy atom. The number of aromatic nitrogens is 1. The van der Waals surface area contributed by atoms with Crippen molar-refractivity contribution in [3.63, 3.8) is 0 Å². The highest BCUT2D eigenvalue weighted by molar-refractivity contribution is 7.08. The largest absolute Gasteiger partial charge is 0.462 e. The van der Waals surface area contributed by atoms with Gasteiger partial charge >= 0.3 is 5.97 Å². The van der Waals surface area contributed by atoms with Crippen LogP contribution < -0.4 is 24.5 Å². The molecule has 34 heavy (non-hydrogen) atoms. The predicted octanol–water partition coefficient (Wildman–Crippen LogP) is 2.06. The van der Waals surface area contributed by atoms with Crippen molar-refractivity contribution in [2.45, 2.75) is 6.92 Å². The zero-order valence-corrected chi connectivity index (χ0v) is 20.8. The third-order valence-electron chi connectivity index (χ3n) is 5.64. The summed E-state index contributed by atoms with van der Waals surface area (Å²) in [5, 5.41) is 12.4. The molecule has 0 aliphatic carbocycles. The van der Waals surface area contributed by atoms with Crippen LogP contribution in [0.15, 0.2) is 78.9 Å². The zero-order valence-electron chi connectivity index (χ0n) is 18.6. The average Bonchev–Trinajstić information content (AvgIpc) is 3.28. The number of hydrogen-bond acceptors (Lipinski definition) is 6. The topological polar surface area (TPSA) is 66.2 Å². The number of thiazole rings is 1. The van der Waals surface area contributed by atoms with E-state index >= 15 is 0 Å². The number of para-hydroxylation sites is 2. The molecule has 0 saturated heterocycles. The second-order valence-electron chi connectivity index (χ2n) is 7.74. The molecule has 5 rings (SSSR count). The normalized spacial score (nSPS) is 13.5. The molecule has 3 aromatic carbocycles. The van der Waals surface area contributed by atoms with Gasteiger partial charge in [0.05, 0.1) is 26.4 Å². The number of hydrogen-bond donors (Lipinski definition) is 0. The summed E-state index contributed by atoms with van der Waals surface area (Å²) in [4.78, 5) is 19.4. The lowest BCUT2D eigenvalue weighted by Crippen LogP contribution is -2.39. The van der Waals surface area contributed by atoms with Gasteiger partial charge in [0.15, 0.2) is 5.57 Å². The van der Waals surface area contributed by atoms with Crippen LogP contribution >= 0.6 is 11.3 Å². The van der Waals surface area contributed by atoms with Crippen molar-refractivity contribution in [1.29, 1.82) is 5.26 Å². The van der Waals surface area contributed by atoms with E-state index < -0.39 is 15.5 Å². The first-order valence-electron chi connectivity index (χ1n) is 11.0. The number of carbonyl (C=O) groups excluding carboxylic acids is 1. The smallest absolute Gasteiger partial charge is 0.352 e. The van der Waals surface area contributed by atoms with Gasteiger partial charge in [-0.05, 0) is 29.4 Å². The van der Waals surface area contributed by atoms with E-state index in [2.05, 4.69) is 59.6 Å². The van der Waals surface area contributed by atoms with Crippen LogP contribution in [-0.4, -0.2) is 27.1 Å². The van der Waals surface area contributed by atoms with Crippen LogP contribution in [0.4, 0.5) is 11.4 Å². The summed E-state index contributed by atoms with van der Waals surface area (Å²) in [6.45, 7) is 1.92. The summed E-state index contributed by atoms with van der Waals surface area (Å²) >= 11 is 1.33. The monoisotopic (exact) mass is 479 g/mol. The van der Waals surface area contributed by atoms with Gasteiger partial charge in [0.2, 0.25) is 0 Å². The highest BCUT2D eigenvalue weighted by Gasteiger charge is 2.22. The molecule has 0 saturated carbocycles. The summed E-state index contributed by atoms with van der Waals surface area (Å²) in [5.41, 5.74) is 3.91. The summed E-state index contributed by atoms with van der Waals surface area (Å²) < 4.78 is 6.33. The van der Waals surface area contributed by atoms with Crippen molar-refractivity contribution in [3.8, 4) is 17.3 Å². The number of fused-ring (bicyclic) bond motifs is 2. The van der Waals surface area contributed by atoms with Crippen LogP contribution in [0.25, 0.3) is 23.0 Å². The molecular formula is C27H21N3O2SSi. The standard InChI is InChI=1S/C27H21N3O2SSi/c1-2-32-27(31)19(16-28)26-29-25(18-10-4-3-5-11-18)22(33-26)17-30-20-12-6-8-14-23(20)34-24-15-9-7-13-21(24)30/h3-15,17H,2,34H2,1H3/b22-17-,26-19-. The molecular weight excluding hydrogens is 458 g/mol. The Morgan fingerprint density at radius 1 is 1.03 bits per heavy atom. The van der Waals surface area contributed by atoms with Crippen LogP contribution in [0.2, 0.25) is 0 Å². The molecule has 1 aliphatic heterocycles. The van der Waals surface area contributed by atoms with Gasteiger partial charge in [0.25, 0.3) is 0 Å². The van der Waals surface area contributed by atoms with Crippen molar-refractivity contribution >= 4 is 60.3 Å². The molecule has 1 aromatic heterocycles. The minimum Gasteiger partial charge on any atom is -0.462 e. The van der Waals surface area contributed by atoms with Crippen molar-refractivity contribution < 1.29 is 9.53 Å². The quantitative estimate of drug-likeness (QED) is 0.331. The summed E-state index contributed by atoms with van der Waals surface area (Å²) in [7, 11) is -0.587. The third-order valence-corrected chi connectivity index (χ3v) is 8.60. The fourth-order valence-electron chi connectivity index (χ4n) is 4.10. The number of nitriles is 1. The Kier molecular flexibility index (Phi) is 6.08. The average molecular weight is 480 g/mol. The molecule has 4 aromatic rings. The molecule has 1 aliphatic rings. The van der Waals surface area contributed by atoms with E-state index in [1.54, 1.807) is 6.92 Å². The van der Waals surface area contributed by atoms with Gasteiger partial charge < -0.3 is 9.64 Å². The highest BCUT2D eigenvalue weighted by Crippen LogP contribution is 2.26. The van der Waals surface area contributed by atoms with E-state index in [0.717, 1.165) is 27.2 Å². The number of rotatable bonds is 4. The maximum Gasteiger partial charge on any atom is 0.352 e. The number of carbonyl (C=O) groups is 1. The molecule has 0 amide bonds.